The fourth-order valence-corrected chi connectivity index (χ4v) is 5.01. The smallest absolute Gasteiger partial charge is 0.254 e. The molecule has 4 rings (SSSR count). The van der Waals surface area contributed by atoms with Crippen LogP contribution in [0.3, 0.4) is 0 Å². The molecule has 0 N–H and O–H groups in total. The van der Waals surface area contributed by atoms with Gasteiger partial charge in [0.05, 0.1) is 11.8 Å². The third-order valence-electron chi connectivity index (χ3n) is 4.68. The average Bonchev–Trinajstić information content (AvgIpc) is 3.41. The Bertz CT molecular complexity index is 724. The van der Waals surface area contributed by atoms with Crippen LogP contribution in [0.2, 0.25) is 0 Å². The standard InChI is InChI=1S/C20H20N2O2S2/c23-19(21-9-11-25-13-21)17-5-1-15(2-6-17)16-3-7-18(8-4-16)20(24)22-10-12-26-14-22/h1-8H,9-14H2. The summed E-state index contributed by atoms with van der Waals surface area (Å²) >= 11 is 3.58. The van der Waals surface area contributed by atoms with E-state index in [1.54, 1.807) is 23.5 Å². The molecule has 2 heterocycles. The second-order valence-corrected chi connectivity index (χ2v) is 8.52. The lowest BCUT2D eigenvalue weighted by atomic mass is 10.0. The van der Waals surface area contributed by atoms with Crippen molar-refractivity contribution in [3.05, 3.63) is 59.7 Å². The van der Waals surface area contributed by atoms with Crippen LogP contribution in [0.4, 0.5) is 0 Å². The van der Waals surface area contributed by atoms with Crippen molar-refractivity contribution in [1.82, 2.24) is 9.80 Å². The van der Waals surface area contributed by atoms with Gasteiger partial charge in [0, 0.05) is 35.7 Å². The number of nitrogens with zero attached hydrogens (tertiary/aromatic N) is 2. The van der Waals surface area contributed by atoms with Crippen molar-refractivity contribution >= 4 is 35.3 Å². The molecule has 0 saturated carbocycles. The Morgan fingerprint density at radius 3 is 1.35 bits per heavy atom. The molecule has 0 aliphatic carbocycles. The maximum absolute atomic E-state index is 12.4. The van der Waals surface area contributed by atoms with Gasteiger partial charge in [-0.2, -0.15) is 0 Å². The van der Waals surface area contributed by atoms with Crippen molar-refractivity contribution < 1.29 is 9.59 Å². The van der Waals surface area contributed by atoms with Crippen LogP contribution in [-0.4, -0.2) is 58.0 Å². The van der Waals surface area contributed by atoms with Crippen molar-refractivity contribution in [1.29, 1.82) is 0 Å². The molecule has 2 aliphatic rings. The van der Waals surface area contributed by atoms with Crippen molar-refractivity contribution in [3.63, 3.8) is 0 Å². The summed E-state index contributed by atoms with van der Waals surface area (Å²) in [5, 5.41) is 0. The van der Waals surface area contributed by atoms with Crippen LogP contribution in [0.25, 0.3) is 11.1 Å². The number of thioether (sulfide) groups is 2. The number of benzene rings is 2. The summed E-state index contributed by atoms with van der Waals surface area (Å²) in [5.74, 6) is 3.81. The predicted molar refractivity (Wildman–Crippen MR) is 109 cm³/mol. The van der Waals surface area contributed by atoms with Gasteiger partial charge in [0.15, 0.2) is 0 Å². The number of hydrogen-bond donors (Lipinski definition) is 0. The Labute approximate surface area is 161 Å². The molecule has 2 aliphatic heterocycles. The minimum Gasteiger partial charge on any atom is -0.329 e. The minimum atomic E-state index is 0.103. The highest BCUT2D eigenvalue weighted by Gasteiger charge is 2.21. The van der Waals surface area contributed by atoms with E-state index in [2.05, 4.69) is 0 Å². The van der Waals surface area contributed by atoms with E-state index < -0.39 is 0 Å². The lowest BCUT2D eigenvalue weighted by molar-refractivity contribution is 0.0795. The molecule has 2 aromatic rings. The SMILES string of the molecule is O=C(c1ccc(-c2ccc(C(=O)N3CCSC3)cc2)cc1)N1CCSC1. The molecule has 0 atom stereocenters. The Morgan fingerprint density at radius 2 is 1.04 bits per heavy atom. The zero-order valence-electron chi connectivity index (χ0n) is 14.4. The summed E-state index contributed by atoms with van der Waals surface area (Å²) in [6.45, 7) is 1.66. The van der Waals surface area contributed by atoms with Gasteiger partial charge in [-0.1, -0.05) is 24.3 Å². The quantitative estimate of drug-likeness (QED) is 0.810. The first-order valence-electron chi connectivity index (χ1n) is 8.67. The van der Waals surface area contributed by atoms with E-state index in [0.717, 1.165) is 58.6 Å². The van der Waals surface area contributed by atoms with Crippen molar-refractivity contribution in [2.24, 2.45) is 0 Å². The van der Waals surface area contributed by atoms with Gasteiger partial charge >= 0.3 is 0 Å². The van der Waals surface area contributed by atoms with Crippen molar-refractivity contribution in [2.75, 3.05) is 36.3 Å². The summed E-state index contributed by atoms with van der Waals surface area (Å²) in [7, 11) is 0. The number of hydrogen-bond acceptors (Lipinski definition) is 4. The molecule has 0 aromatic heterocycles. The Morgan fingerprint density at radius 1 is 0.654 bits per heavy atom. The van der Waals surface area contributed by atoms with Crippen LogP contribution in [0.5, 0.6) is 0 Å². The summed E-state index contributed by atoms with van der Waals surface area (Å²) in [5.41, 5.74) is 3.56. The molecule has 134 valence electrons. The largest absolute Gasteiger partial charge is 0.329 e. The van der Waals surface area contributed by atoms with E-state index in [0.29, 0.717) is 0 Å². The number of amides is 2. The van der Waals surface area contributed by atoms with Gasteiger partial charge in [0.25, 0.3) is 11.8 Å². The highest BCUT2D eigenvalue weighted by Crippen LogP contribution is 2.23. The van der Waals surface area contributed by atoms with Crippen LogP contribution >= 0.6 is 23.5 Å². The number of carbonyl (C=O) groups is 2. The molecule has 0 bridgehead atoms. The summed E-state index contributed by atoms with van der Waals surface area (Å²) < 4.78 is 0. The second-order valence-electron chi connectivity index (χ2n) is 6.37. The topological polar surface area (TPSA) is 40.6 Å². The van der Waals surface area contributed by atoms with Gasteiger partial charge in [-0.05, 0) is 35.4 Å². The molecular formula is C20H20N2O2S2. The van der Waals surface area contributed by atoms with Crippen LogP contribution in [0, 0.1) is 0 Å². The minimum absolute atomic E-state index is 0.103. The van der Waals surface area contributed by atoms with Crippen LogP contribution in [-0.2, 0) is 0 Å². The maximum Gasteiger partial charge on any atom is 0.254 e. The molecule has 2 saturated heterocycles. The van der Waals surface area contributed by atoms with E-state index in [1.807, 2.05) is 58.3 Å². The van der Waals surface area contributed by atoms with E-state index in [9.17, 15) is 9.59 Å². The summed E-state index contributed by atoms with van der Waals surface area (Å²) in [6, 6.07) is 15.5. The van der Waals surface area contributed by atoms with Crippen molar-refractivity contribution in [2.45, 2.75) is 0 Å². The summed E-state index contributed by atoms with van der Waals surface area (Å²) in [4.78, 5) is 28.6. The molecule has 26 heavy (non-hydrogen) atoms. The highest BCUT2D eigenvalue weighted by molar-refractivity contribution is 7.99. The first-order valence-corrected chi connectivity index (χ1v) is 11.0. The molecular weight excluding hydrogens is 364 g/mol. The van der Waals surface area contributed by atoms with Crippen molar-refractivity contribution in [3.8, 4) is 11.1 Å². The molecule has 0 spiro atoms. The van der Waals surface area contributed by atoms with Crippen LogP contribution < -0.4 is 0 Å². The van der Waals surface area contributed by atoms with Gasteiger partial charge in [0.2, 0.25) is 0 Å². The molecule has 2 amide bonds. The van der Waals surface area contributed by atoms with Crippen LogP contribution in [0.15, 0.2) is 48.5 Å². The van der Waals surface area contributed by atoms with Gasteiger partial charge in [-0.25, -0.2) is 0 Å². The zero-order chi connectivity index (χ0) is 17.9. The monoisotopic (exact) mass is 384 g/mol. The van der Waals surface area contributed by atoms with Gasteiger partial charge < -0.3 is 9.80 Å². The Balaban J connectivity index is 1.47. The second kappa shape index (κ2) is 7.76. The molecule has 0 unspecified atom stereocenters. The fraction of sp³-hybridized carbons (Fsp3) is 0.300. The Kier molecular flexibility index (Phi) is 5.22. The molecule has 2 aromatic carbocycles. The first-order chi connectivity index (χ1) is 12.7. The number of rotatable bonds is 3. The van der Waals surface area contributed by atoms with Crippen LogP contribution in [0.1, 0.15) is 20.7 Å². The maximum atomic E-state index is 12.4. The average molecular weight is 385 g/mol. The van der Waals surface area contributed by atoms with E-state index in [-0.39, 0.29) is 11.8 Å². The predicted octanol–water partition coefficient (Wildman–Crippen LogP) is 3.65. The third kappa shape index (κ3) is 3.62. The molecule has 4 nitrogen and oxygen atoms in total. The zero-order valence-corrected chi connectivity index (χ0v) is 16.0. The molecule has 2 fully saturated rings. The normalized spacial score (nSPS) is 16.9. The van der Waals surface area contributed by atoms with E-state index >= 15 is 0 Å². The fourth-order valence-electron chi connectivity index (χ4n) is 3.12. The lowest BCUT2D eigenvalue weighted by Gasteiger charge is -2.15. The van der Waals surface area contributed by atoms with E-state index in [1.165, 1.54) is 0 Å². The number of carbonyl (C=O) groups excluding carboxylic acids is 2. The van der Waals surface area contributed by atoms with Gasteiger partial charge in [0.1, 0.15) is 0 Å². The molecule has 6 heteroatoms. The lowest BCUT2D eigenvalue weighted by Crippen LogP contribution is -2.27. The third-order valence-corrected chi connectivity index (χ3v) is 6.61. The van der Waals surface area contributed by atoms with Gasteiger partial charge in [-0.3, -0.25) is 9.59 Å². The highest BCUT2D eigenvalue weighted by atomic mass is 32.2. The first kappa shape index (κ1) is 17.5. The molecule has 0 radical (unpaired) electrons. The van der Waals surface area contributed by atoms with Gasteiger partial charge in [-0.15, -0.1) is 23.5 Å². The summed E-state index contributed by atoms with van der Waals surface area (Å²) in [6.07, 6.45) is 0. The van der Waals surface area contributed by atoms with E-state index in [4.69, 9.17) is 0 Å². The Hall–Kier alpha value is -1.92.